The number of rotatable bonds is 2. The average Bonchev–Trinajstić information content (AvgIpc) is 2.60. The molecular formula is C14H20N2. The summed E-state index contributed by atoms with van der Waals surface area (Å²) < 4.78 is 8.11. The van der Waals surface area contributed by atoms with Crippen LogP contribution in [0.4, 0.5) is 5.69 Å². The highest BCUT2D eigenvalue weighted by atomic mass is 15.4. The number of hydrogen-bond acceptors (Lipinski definition) is 2. The van der Waals surface area contributed by atoms with Crippen LogP contribution in [0.15, 0.2) is 36.7 Å². The normalized spacial score (nSPS) is 21.5. The van der Waals surface area contributed by atoms with Gasteiger partial charge >= 0.3 is 0 Å². The molecule has 2 nitrogen and oxygen atoms in total. The Kier molecular flexibility index (Phi) is 2.56. The number of nitrogens with zero attached hydrogens (tertiary/aromatic N) is 2. The fraction of sp³-hybridized carbons (Fsp3) is 0.429. The van der Waals surface area contributed by atoms with E-state index in [1.807, 2.05) is 20.0 Å². The predicted molar refractivity (Wildman–Crippen MR) is 69.2 cm³/mol. The number of para-hydroxylation sites is 1. The summed E-state index contributed by atoms with van der Waals surface area (Å²) in [5.41, 5.74) is 2.47. The molecule has 0 aliphatic carbocycles. The molecule has 1 aliphatic rings. The third-order valence-electron chi connectivity index (χ3n) is 3.10. The molecule has 0 saturated carbocycles. The molecule has 0 spiro atoms. The van der Waals surface area contributed by atoms with E-state index in [-0.39, 0.29) is 6.17 Å². The first kappa shape index (κ1) is 9.76. The minimum atomic E-state index is -0.590. The molecular weight excluding hydrogens is 196 g/mol. The topological polar surface area (TPSA) is 6.48 Å². The summed E-state index contributed by atoms with van der Waals surface area (Å²) in [6.45, 7) is 8.07. The van der Waals surface area contributed by atoms with Crippen molar-refractivity contribution in [3.8, 4) is 0 Å². The third-order valence-corrected chi connectivity index (χ3v) is 3.10. The lowest BCUT2D eigenvalue weighted by atomic mass is 10.2. The van der Waals surface area contributed by atoms with Crippen LogP contribution >= 0.6 is 0 Å². The Morgan fingerprint density at radius 1 is 1.25 bits per heavy atom. The van der Waals surface area contributed by atoms with Crippen LogP contribution in [-0.2, 0) is 0 Å². The fourth-order valence-electron chi connectivity index (χ4n) is 2.18. The van der Waals surface area contributed by atoms with E-state index in [0.717, 1.165) is 0 Å². The minimum Gasteiger partial charge on any atom is -0.353 e. The van der Waals surface area contributed by atoms with Gasteiger partial charge in [-0.1, -0.05) is 18.2 Å². The molecule has 0 unspecified atom stereocenters. The molecule has 16 heavy (non-hydrogen) atoms. The number of benzene rings is 1. The van der Waals surface area contributed by atoms with Crippen LogP contribution in [0.3, 0.4) is 0 Å². The van der Waals surface area contributed by atoms with Crippen LogP contribution in [0.5, 0.6) is 0 Å². The fourth-order valence-corrected chi connectivity index (χ4v) is 2.18. The van der Waals surface area contributed by atoms with Gasteiger partial charge in [-0.25, -0.2) is 0 Å². The van der Waals surface area contributed by atoms with Gasteiger partial charge in [0, 0.05) is 24.1 Å². The molecule has 0 radical (unpaired) electrons. The Hall–Kier alpha value is -1.44. The van der Waals surface area contributed by atoms with Crippen molar-refractivity contribution in [3.05, 3.63) is 42.2 Å². The smallest absolute Gasteiger partial charge is 0.103 e. The van der Waals surface area contributed by atoms with E-state index < -0.39 is 6.02 Å². The molecule has 1 heterocycles. The molecule has 0 saturated heterocycles. The monoisotopic (exact) mass is 217 g/mol. The van der Waals surface area contributed by atoms with E-state index in [9.17, 15) is 0 Å². The lowest BCUT2D eigenvalue weighted by molar-refractivity contribution is 0.263. The highest BCUT2D eigenvalue weighted by molar-refractivity contribution is 5.56. The van der Waals surface area contributed by atoms with E-state index in [0.29, 0.717) is 0 Å². The van der Waals surface area contributed by atoms with Gasteiger partial charge in [-0.15, -0.1) is 0 Å². The summed E-state index contributed by atoms with van der Waals surface area (Å²) in [4.78, 5) is 4.27. The number of hydrogen-bond donors (Lipinski definition) is 0. The van der Waals surface area contributed by atoms with Gasteiger partial charge in [-0.2, -0.15) is 0 Å². The van der Waals surface area contributed by atoms with E-state index >= 15 is 0 Å². The molecule has 1 aliphatic heterocycles. The van der Waals surface area contributed by atoms with Gasteiger partial charge in [0.15, 0.2) is 0 Å². The second kappa shape index (κ2) is 4.20. The Morgan fingerprint density at radius 3 is 2.50 bits per heavy atom. The van der Waals surface area contributed by atoms with E-state index in [1.54, 1.807) is 0 Å². The maximum absolute atomic E-state index is 8.11. The van der Waals surface area contributed by atoms with Gasteiger partial charge in [-0.3, -0.25) is 0 Å². The van der Waals surface area contributed by atoms with Gasteiger partial charge in [-0.05, 0) is 39.3 Å². The van der Waals surface area contributed by atoms with Gasteiger partial charge < -0.3 is 9.80 Å². The van der Waals surface area contributed by atoms with Gasteiger partial charge in [0.05, 0.1) is 1.37 Å². The minimum absolute atomic E-state index is 0.184. The highest BCUT2D eigenvalue weighted by Crippen LogP contribution is 2.28. The lowest BCUT2D eigenvalue weighted by Gasteiger charge is -2.33. The molecule has 1 aromatic rings. The van der Waals surface area contributed by atoms with Crippen LogP contribution in [0, 0.1) is 6.92 Å². The predicted octanol–water partition coefficient (Wildman–Crippen LogP) is 3.34. The van der Waals surface area contributed by atoms with Crippen molar-refractivity contribution in [2.75, 3.05) is 4.90 Å². The molecule has 0 aromatic heterocycles. The Morgan fingerprint density at radius 2 is 1.94 bits per heavy atom. The summed E-state index contributed by atoms with van der Waals surface area (Å²) in [7, 11) is 0. The van der Waals surface area contributed by atoms with Crippen LogP contribution in [0.25, 0.3) is 0 Å². The van der Waals surface area contributed by atoms with Crippen LogP contribution in [0.2, 0.25) is 0 Å². The highest BCUT2D eigenvalue weighted by Gasteiger charge is 2.25. The van der Waals surface area contributed by atoms with Crippen molar-refractivity contribution < 1.29 is 1.37 Å². The molecule has 0 amide bonds. The van der Waals surface area contributed by atoms with Crippen LogP contribution in [-0.4, -0.2) is 17.1 Å². The van der Waals surface area contributed by atoms with E-state index in [2.05, 4.69) is 54.1 Å². The second-order valence-electron chi connectivity index (χ2n) is 4.48. The standard InChI is InChI=1S/C14H20N2/c1-11(2)15-9-10-16(13(15)4)14-8-6-5-7-12(14)3/h5-11,13H,1-4H3/t13-/m0/s1/i11D. The van der Waals surface area contributed by atoms with Gasteiger partial charge in [0.1, 0.15) is 6.17 Å². The maximum atomic E-state index is 8.11. The summed E-state index contributed by atoms with van der Waals surface area (Å²) in [5, 5.41) is 0. The van der Waals surface area contributed by atoms with E-state index in [1.165, 1.54) is 11.3 Å². The van der Waals surface area contributed by atoms with E-state index in [4.69, 9.17) is 1.37 Å². The zero-order chi connectivity index (χ0) is 12.6. The van der Waals surface area contributed by atoms with Crippen molar-refractivity contribution in [2.45, 2.75) is 39.9 Å². The second-order valence-corrected chi connectivity index (χ2v) is 4.48. The summed E-state index contributed by atoms with van der Waals surface area (Å²) in [6.07, 6.45) is 4.25. The van der Waals surface area contributed by atoms with Gasteiger partial charge in [0.2, 0.25) is 0 Å². The first-order valence-electron chi connectivity index (χ1n) is 6.22. The molecule has 1 aromatic carbocycles. The maximum Gasteiger partial charge on any atom is 0.103 e. The van der Waals surface area contributed by atoms with Crippen molar-refractivity contribution >= 4 is 5.69 Å². The van der Waals surface area contributed by atoms with Crippen molar-refractivity contribution in [1.82, 2.24) is 4.90 Å². The first-order chi connectivity index (χ1) is 7.91. The largest absolute Gasteiger partial charge is 0.353 e. The molecule has 0 N–H and O–H groups in total. The molecule has 2 rings (SSSR count). The zero-order valence-corrected chi connectivity index (χ0v) is 10.4. The summed E-state index contributed by atoms with van der Waals surface area (Å²) >= 11 is 0. The van der Waals surface area contributed by atoms with Crippen LogP contribution in [0.1, 0.15) is 27.7 Å². The zero-order valence-electron chi connectivity index (χ0n) is 11.4. The number of anilines is 1. The quantitative estimate of drug-likeness (QED) is 0.749. The Labute approximate surface area is 99.6 Å². The third kappa shape index (κ3) is 1.80. The lowest BCUT2D eigenvalue weighted by Crippen LogP contribution is -2.39. The molecule has 2 heteroatoms. The molecule has 86 valence electrons. The SMILES string of the molecule is [2H]C(C)(C)N1C=CN(c2ccccc2C)[C@H]1C. The Bertz CT molecular complexity index is 434. The summed E-state index contributed by atoms with van der Waals surface area (Å²) in [5.74, 6) is 0. The Balaban J connectivity index is 2.28. The summed E-state index contributed by atoms with van der Waals surface area (Å²) in [6, 6.07) is 7.75. The van der Waals surface area contributed by atoms with Crippen molar-refractivity contribution in [2.24, 2.45) is 0 Å². The first-order valence-corrected chi connectivity index (χ1v) is 5.72. The molecule has 0 bridgehead atoms. The van der Waals surface area contributed by atoms with Crippen molar-refractivity contribution in [1.29, 1.82) is 0 Å². The molecule has 1 atom stereocenters. The number of aryl methyl sites for hydroxylation is 1. The average molecular weight is 217 g/mol. The van der Waals surface area contributed by atoms with Crippen molar-refractivity contribution in [3.63, 3.8) is 0 Å². The molecule has 0 fully saturated rings. The van der Waals surface area contributed by atoms with Crippen LogP contribution < -0.4 is 4.90 Å². The van der Waals surface area contributed by atoms with Gasteiger partial charge in [0.25, 0.3) is 0 Å².